The predicted octanol–water partition coefficient (Wildman–Crippen LogP) is 2.91. The fraction of sp³-hybridized carbons (Fsp3) is 0.278. The number of nitro groups is 1. The summed E-state index contributed by atoms with van der Waals surface area (Å²) < 4.78 is 19.1. The normalized spacial score (nSPS) is 14.2. The molecule has 0 unspecified atom stereocenters. The molecule has 0 amide bonds. The number of aromatic nitrogens is 2. The second-order valence-corrected chi connectivity index (χ2v) is 7.21. The molecule has 28 heavy (non-hydrogen) atoms. The number of thioether (sulfide) groups is 1. The first-order valence-corrected chi connectivity index (χ1v) is 9.68. The molecule has 1 aliphatic rings. The lowest BCUT2D eigenvalue weighted by molar-refractivity contribution is -0.383. The van der Waals surface area contributed by atoms with Gasteiger partial charge in [-0.2, -0.15) is 0 Å². The van der Waals surface area contributed by atoms with Crippen LogP contribution in [0.4, 0.5) is 10.1 Å². The van der Waals surface area contributed by atoms with Crippen molar-refractivity contribution in [1.82, 2.24) is 14.9 Å². The molecule has 4 rings (SSSR count). The van der Waals surface area contributed by atoms with E-state index in [0.717, 1.165) is 35.0 Å². The van der Waals surface area contributed by atoms with Crippen molar-refractivity contribution in [2.45, 2.75) is 24.7 Å². The Labute approximate surface area is 162 Å². The number of benzene rings is 1. The first kappa shape index (κ1) is 18.5. The van der Waals surface area contributed by atoms with Crippen LogP contribution in [0, 0.1) is 15.9 Å². The molecular formula is C18H15FN4O4S. The van der Waals surface area contributed by atoms with E-state index in [-0.39, 0.29) is 17.5 Å². The summed E-state index contributed by atoms with van der Waals surface area (Å²) in [5, 5.41) is 11.7. The van der Waals surface area contributed by atoms with Gasteiger partial charge < -0.3 is 4.42 Å². The van der Waals surface area contributed by atoms with Gasteiger partial charge in [0.15, 0.2) is 10.6 Å². The summed E-state index contributed by atoms with van der Waals surface area (Å²) in [5.41, 5.74) is 1.06. The third-order valence-electron chi connectivity index (χ3n) is 4.65. The van der Waals surface area contributed by atoms with E-state index in [0.29, 0.717) is 18.7 Å². The highest BCUT2D eigenvalue weighted by atomic mass is 32.2. The third-order valence-corrected chi connectivity index (χ3v) is 5.22. The van der Waals surface area contributed by atoms with Crippen LogP contribution in [0.15, 0.2) is 39.0 Å². The summed E-state index contributed by atoms with van der Waals surface area (Å²) in [4.78, 5) is 33.9. The molecule has 3 heterocycles. The van der Waals surface area contributed by atoms with E-state index in [1.807, 2.05) is 11.2 Å². The van der Waals surface area contributed by atoms with Gasteiger partial charge in [0.25, 0.3) is 0 Å². The van der Waals surface area contributed by atoms with Crippen LogP contribution in [0.5, 0.6) is 0 Å². The van der Waals surface area contributed by atoms with Gasteiger partial charge in [0, 0.05) is 43.4 Å². The largest absolute Gasteiger partial charge is 0.456 e. The number of fused-ring (bicyclic) bond motifs is 2. The predicted molar refractivity (Wildman–Crippen MR) is 101 cm³/mol. The number of rotatable bonds is 4. The molecule has 1 aliphatic heterocycles. The third kappa shape index (κ3) is 3.36. The number of hydrogen-bond donors (Lipinski definition) is 0. The SMILES string of the molecule is CSc1ncc2c(n1)CCN(Cc1coc3c([N+](=O)[O-])cc(F)cc3c1=O)C2. The van der Waals surface area contributed by atoms with Gasteiger partial charge >= 0.3 is 5.69 Å². The topological polar surface area (TPSA) is 102 Å². The van der Waals surface area contributed by atoms with Gasteiger partial charge in [0.05, 0.1) is 28.3 Å². The summed E-state index contributed by atoms with van der Waals surface area (Å²) in [5.74, 6) is -0.850. The zero-order valence-corrected chi connectivity index (χ0v) is 15.7. The van der Waals surface area contributed by atoms with E-state index in [1.54, 1.807) is 6.20 Å². The van der Waals surface area contributed by atoms with Crippen molar-refractivity contribution in [3.8, 4) is 0 Å². The van der Waals surface area contributed by atoms with E-state index in [4.69, 9.17) is 4.42 Å². The van der Waals surface area contributed by atoms with Crippen molar-refractivity contribution in [2.75, 3.05) is 12.8 Å². The van der Waals surface area contributed by atoms with E-state index >= 15 is 0 Å². The molecule has 0 saturated carbocycles. The van der Waals surface area contributed by atoms with Gasteiger partial charge in [-0.05, 0) is 12.3 Å². The molecule has 144 valence electrons. The smallest absolute Gasteiger partial charge is 0.315 e. The van der Waals surface area contributed by atoms with Crippen molar-refractivity contribution >= 4 is 28.4 Å². The van der Waals surface area contributed by atoms with Gasteiger partial charge in [0.2, 0.25) is 5.58 Å². The average molecular weight is 402 g/mol. The Kier molecular flexibility index (Phi) is 4.82. The monoisotopic (exact) mass is 402 g/mol. The minimum Gasteiger partial charge on any atom is -0.456 e. The second kappa shape index (κ2) is 7.28. The molecular weight excluding hydrogens is 387 g/mol. The maximum atomic E-state index is 13.7. The number of nitrogens with zero attached hydrogens (tertiary/aromatic N) is 4. The minimum atomic E-state index is -0.850. The van der Waals surface area contributed by atoms with Crippen LogP contribution >= 0.6 is 11.8 Å². The molecule has 1 aromatic carbocycles. The molecule has 0 saturated heterocycles. The summed E-state index contributed by atoms with van der Waals surface area (Å²) in [6.07, 6.45) is 5.66. The lowest BCUT2D eigenvalue weighted by Crippen LogP contribution is -2.32. The van der Waals surface area contributed by atoms with E-state index < -0.39 is 21.9 Å². The summed E-state index contributed by atoms with van der Waals surface area (Å²) in [6, 6.07) is 1.72. The molecule has 0 spiro atoms. The molecule has 0 bridgehead atoms. The van der Waals surface area contributed by atoms with Crippen LogP contribution < -0.4 is 5.43 Å². The molecule has 8 nitrogen and oxygen atoms in total. The van der Waals surface area contributed by atoms with Gasteiger partial charge in [-0.3, -0.25) is 19.8 Å². The highest BCUT2D eigenvalue weighted by Crippen LogP contribution is 2.26. The van der Waals surface area contributed by atoms with Gasteiger partial charge in [-0.1, -0.05) is 11.8 Å². The van der Waals surface area contributed by atoms with E-state index in [2.05, 4.69) is 9.97 Å². The quantitative estimate of drug-likeness (QED) is 0.284. The fourth-order valence-corrected chi connectivity index (χ4v) is 3.66. The Bertz CT molecular complexity index is 1150. The van der Waals surface area contributed by atoms with E-state index in [1.165, 1.54) is 18.0 Å². The van der Waals surface area contributed by atoms with Crippen molar-refractivity contribution in [3.05, 3.63) is 67.6 Å². The lowest BCUT2D eigenvalue weighted by atomic mass is 10.1. The second-order valence-electron chi connectivity index (χ2n) is 6.44. The summed E-state index contributed by atoms with van der Waals surface area (Å²) >= 11 is 1.48. The number of non-ortho nitro benzene ring substituents is 1. The molecule has 0 N–H and O–H groups in total. The Hall–Kier alpha value is -2.85. The molecule has 0 atom stereocenters. The minimum absolute atomic E-state index is 0.130. The number of nitro benzene ring substituents is 1. The summed E-state index contributed by atoms with van der Waals surface area (Å²) in [6.45, 7) is 1.55. The number of hydrogen-bond acceptors (Lipinski definition) is 8. The van der Waals surface area contributed by atoms with Crippen molar-refractivity contribution in [2.24, 2.45) is 0 Å². The van der Waals surface area contributed by atoms with Gasteiger partial charge in [-0.15, -0.1) is 0 Å². The van der Waals surface area contributed by atoms with Crippen LogP contribution in [-0.4, -0.2) is 32.6 Å². The molecule has 3 aromatic rings. The van der Waals surface area contributed by atoms with Crippen LogP contribution in [0.2, 0.25) is 0 Å². The van der Waals surface area contributed by atoms with Gasteiger partial charge in [-0.25, -0.2) is 14.4 Å². The van der Waals surface area contributed by atoms with E-state index in [9.17, 15) is 19.3 Å². The Morgan fingerprint density at radius 2 is 2.25 bits per heavy atom. The molecule has 10 heteroatoms. The van der Waals surface area contributed by atoms with Gasteiger partial charge in [0.1, 0.15) is 5.82 Å². The van der Waals surface area contributed by atoms with Crippen molar-refractivity contribution in [1.29, 1.82) is 0 Å². The first-order valence-electron chi connectivity index (χ1n) is 8.45. The molecule has 2 aromatic heterocycles. The van der Waals surface area contributed by atoms with Crippen LogP contribution in [-0.2, 0) is 19.5 Å². The molecule has 0 radical (unpaired) electrons. The first-order chi connectivity index (χ1) is 13.5. The lowest BCUT2D eigenvalue weighted by Gasteiger charge is -2.27. The maximum Gasteiger partial charge on any atom is 0.315 e. The van der Waals surface area contributed by atoms with Crippen LogP contribution in [0.25, 0.3) is 11.0 Å². The van der Waals surface area contributed by atoms with Crippen LogP contribution in [0.1, 0.15) is 16.8 Å². The summed E-state index contributed by atoms with van der Waals surface area (Å²) in [7, 11) is 0. The maximum absolute atomic E-state index is 13.7. The van der Waals surface area contributed by atoms with Crippen molar-refractivity contribution < 1.29 is 13.7 Å². The fourth-order valence-electron chi connectivity index (χ4n) is 3.30. The van der Waals surface area contributed by atoms with Crippen molar-refractivity contribution in [3.63, 3.8) is 0 Å². The highest BCUT2D eigenvalue weighted by molar-refractivity contribution is 7.98. The highest BCUT2D eigenvalue weighted by Gasteiger charge is 2.23. The molecule has 0 fully saturated rings. The van der Waals surface area contributed by atoms with Crippen LogP contribution in [0.3, 0.4) is 0 Å². The Morgan fingerprint density at radius 3 is 3.00 bits per heavy atom. The standard InChI is InChI=1S/C18H15FN4O4S/c1-28-18-20-6-10-7-22(3-2-14(10)21-18)8-11-9-27-17-13(16(11)24)4-12(19)5-15(17)23(25)26/h4-6,9H,2-3,7-8H2,1H3. The molecule has 0 aliphatic carbocycles. The zero-order chi connectivity index (χ0) is 19.8. The average Bonchev–Trinajstić information content (AvgIpc) is 2.69. The zero-order valence-electron chi connectivity index (χ0n) is 14.8. The Morgan fingerprint density at radius 1 is 1.43 bits per heavy atom. The number of halogens is 1. The Balaban J connectivity index is 1.64.